The number of carbonyl (C=O) groups excluding carboxylic acids is 1. The van der Waals surface area contributed by atoms with Crippen molar-refractivity contribution >= 4 is 28.9 Å². The van der Waals surface area contributed by atoms with Gasteiger partial charge >= 0.3 is 0 Å². The Kier molecular flexibility index (Phi) is 4.31. The van der Waals surface area contributed by atoms with Gasteiger partial charge in [-0.3, -0.25) is 4.79 Å². The first-order valence-electron chi connectivity index (χ1n) is 5.99. The van der Waals surface area contributed by atoms with E-state index in [1.54, 1.807) is 30.3 Å². The van der Waals surface area contributed by atoms with Gasteiger partial charge in [-0.05, 0) is 30.3 Å². The monoisotopic (exact) mass is 301 g/mol. The lowest BCUT2D eigenvalue weighted by Gasteiger charge is -2.11. The van der Waals surface area contributed by atoms with Crippen LogP contribution in [0.15, 0.2) is 36.4 Å². The van der Waals surface area contributed by atoms with Crippen molar-refractivity contribution in [3.05, 3.63) is 52.5 Å². The molecule has 2 aromatic rings. The van der Waals surface area contributed by atoms with Crippen molar-refractivity contribution in [1.29, 1.82) is 5.26 Å². The molecule has 0 aliphatic rings. The van der Waals surface area contributed by atoms with Crippen molar-refractivity contribution in [3.8, 4) is 11.8 Å². The number of benzene rings is 2. The van der Waals surface area contributed by atoms with Gasteiger partial charge in [-0.1, -0.05) is 11.6 Å². The fourth-order valence-electron chi connectivity index (χ4n) is 1.74. The zero-order chi connectivity index (χ0) is 15.4. The van der Waals surface area contributed by atoms with Crippen molar-refractivity contribution in [1.82, 2.24) is 0 Å². The molecule has 106 valence electrons. The van der Waals surface area contributed by atoms with Crippen molar-refractivity contribution in [2.75, 3.05) is 18.2 Å². The number of hydrogen-bond donors (Lipinski definition) is 2. The number of halogens is 1. The van der Waals surface area contributed by atoms with Gasteiger partial charge in [-0.25, -0.2) is 0 Å². The van der Waals surface area contributed by atoms with Gasteiger partial charge in [-0.2, -0.15) is 5.26 Å². The first-order valence-corrected chi connectivity index (χ1v) is 6.37. The van der Waals surface area contributed by atoms with Crippen LogP contribution in [0.3, 0.4) is 0 Å². The van der Waals surface area contributed by atoms with Crippen LogP contribution in [0.4, 0.5) is 11.4 Å². The lowest BCUT2D eigenvalue weighted by Crippen LogP contribution is -2.13. The van der Waals surface area contributed by atoms with E-state index in [1.165, 1.54) is 13.2 Å². The first-order chi connectivity index (χ1) is 10.0. The quantitative estimate of drug-likeness (QED) is 0.853. The smallest absolute Gasteiger partial charge is 0.255 e. The molecule has 0 radical (unpaired) electrons. The van der Waals surface area contributed by atoms with Crippen LogP contribution >= 0.6 is 11.6 Å². The highest BCUT2D eigenvalue weighted by Gasteiger charge is 2.11. The van der Waals surface area contributed by atoms with Gasteiger partial charge in [0.1, 0.15) is 5.75 Å². The number of anilines is 2. The molecule has 6 heteroatoms. The van der Waals surface area contributed by atoms with Crippen LogP contribution in [0.25, 0.3) is 0 Å². The van der Waals surface area contributed by atoms with E-state index in [0.717, 1.165) is 0 Å². The molecule has 0 atom stereocenters. The van der Waals surface area contributed by atoms with E-state index in [1.807, 2.05) is 6.07 Å². The summed E-state index contributed by atoms with van der Waals surface area (Å²) < 4.78 is 5.16. The molecule has 5 nitrogen and oxygen atoms in total. The SMILES string of the molecule is COc1cc(C#N)ccc1NC(=O)c1ccc(Cl)c(N)c1. The lowest BCUT2D eigenvalue weighted by atomic mass is 10.1. The molecule has 1 amide bonds. The Bertz CT molecular complexity index is 738. The van der Waals surface area contributed by atoms with Gasteiger partial charge in [0.15, 0.2) is 0 Å². The molecule has 0 bridgehead atoms. The fraction of sp³-hybridized carbons (Fsp3) is 0.0667. The van der Waals surface area contributed by atoms with Crippen LogP contribution < -0.4 is 15.8 Å². The Morgan fingerprint density at radius 3 is 2.71 bits per heavy atom. The predicted molar refractivity (Wildman–Crippen MR) is 81.5 cm³/mol. The molecule has 3 N–H and O–H groups in total. The highest BCUT2D eigenvalue weighted by atomic mass is 35.5. The van der Waals surface area contributed by atoms with Gasteiger partial charge in [0.05, 0.1) is 35.1 Å². The zero-order valence-corrected chi connectivity index (χ0v) is 11.9. The second-order valence-corrected chi connectivity index (χ2v) is 4.62. The zero-order valence-electron chi connectivity index (χ0n) is 11.2. The summed E-state index contributed by atoms with van der Waals surface area (Å²) in [7, 11) is 1.46. The second-order valence-electron chi connectivity index (χ2n) is 4.22. The third kappa shape index (κ3) is 3.25. The normalized spacial score (nSPS) is 9.76. The fourth-order valence-corrected chi connectivity index (χ4v) is 1.86. The van der Waals surface area contributed by atoms with Crippen LogP contribution in [0, 0.1) is 11.3 Å². The summed E-state index contributed by atoms with van der Waals surface area (Å²) in [4.78, 5) is 12.2. The molecule has 2 aromatic carbocycles. The van der Waals surface area contributed by atoms with Crippen molar-refractivity contribution in [3.63, 3.8) is 0 Å². The minimum absolute atomic E-state index is 0.330. The molecule has 0 saturated carbocycles. The number of ether oxygens (including phenoxy) is 1. The molecule has 0 aromatic heterocycles. The van der Waals surface area contributed by atoms with Crippen molar-refractivity contribution < 1.29 is 9.53 Å². The molecular weight excluding hydrogens is 290 g/mol. The maximum absolute atomic E-state index is 12.2. The number of nitrogen functional groups attached to an aromatic ring is 1. The van der Waals surface area contributed by atoms with E-state index in [9.17, 15) is 4.79 Å². The van der Waals surface area contributed by atoms with E-state index < -0.39 is 0 Å². The number of carbonyl (C=O) groups is 1. The number of methoxy groups -OCH3 is 1. The van der Waals surface area contributed by atoms with Crippen LogP contribution in [0.2, 0.25) is 5.02 Å². The number of amides is 1. The summed E-state index contributed by atoms with van der Waals surface area (Å²) in [6.45, 7) is 0. The molecule has 0 aliphatic heterocycles. The molecule has 0 spiro atoms. The average molecular weight is 302 g/mol. The van der Waals surface area contributed by atoms with Crippen LogP contribution in [-0.4, -0.2) is 13.0 Å². The number of hydrogen-bond acceptors (Lipinski definition) is 4. The van der Waals surface area contributed by atoms with E-state index in [4.69, 9.17) is 27.3 Å². The summed E-state index contributed by atoms with van der Waals surface area (Å²) in [5.41, 5.74) is 7.29. The number of rotatable bonds is 3. The second kappa shape index (κ2) is 6.16. The van der Waals surface area contributed by atoms with Crippen LogP contribution in [0.1, 0.15) is 15.9 Å². The maximum atomic E-state index is 12.2. The maximum Gasteiger partial charge on any atom is 0.255 e. The number of nitrogens with one attached hydrogen (secondary N) is 1. The molecule has 0 heterocycles. The number of nitrogens with zero attached hydrogens (tertiary/aromatic N) is 1. The Hall–Kier alpha value is -2.71. The van der Waals surface area contributed by atoms with Gasteiger partial charge in [0.25, 0.3) is 5.91 Å². The minimum atomic E-state index is -0.346. The minimum Gasteiger partial charge on any atom is -0.495 e. The molecule has 0 saturated heterocycles. The van der Waals surface area contributed by atoms with Gasteiger partial charge in [-0.15, -0.1) is 0 Å². The predicted octanol–water partition coefficient (Wildman–Crippen LogP) is 3.05. The summed E-state index contributed by atoms with van der Waals surface area (Å²) in [5.74, 6) is 0.0608. The largest absolute Gasteiger partial charge is 0.495 e. The molecule has 21 heavy (non-hydrogen) atoms. The first kappa shape index (κ1) is 14.7. The Morgan fingerprint density at radius 1 is 1.33 bits per heavy atom. The summed E-state index contributed by atoms with van der Waals surface area (Å²) >= 11 is 5.82. The molecule has 0 fully saturated rings. The topological polar surface area (TPSA) is 88.1 Å². The standard InChI is InChI=1S/C15H12ClN3O2/c1-21-14-6-9(8-17)2-5-13(14)19-15(20)10-3-4-11(16)12(18)7-10/h2-7H,18H2,1H3,(H,19,20). The highest BCUT2D eigenvalue weighted by Crippen LogP contribution is 2.26. The highest BCUT2D eigenvalue weighted by molar-refractivity contribution is 6.33. The third-order valence-corrected chi connectivity index (χ3v) is 3.18. The Balaban J connectivity index is 2.27. The Labute approximate surface area is 126 Å². The molecular formula is C15H12ClN3O2. The van der Waals surface area contributed by atoms with Gasteiger partial charge in [0, 0.05) is 11.6 Å². The van der Waals surface area contributed by atoms with E-state index in [2.05, 4.69) is 5.32 Å². The summed E-state index contributed by atoms with van der Waals surface area (Å²) in [5, 5.41) is 11.9. The third-order valence-electron chi connectivity index (χ3n) is 2.84. The van der Waals surface area contributed by atoms with E-state index >= 15 is 0 Å². The molecule has 2 rings (SSSR count). The van der Waals surface area contributed by atoms with Crippen LogP contribution in [0.5, 0.6) is 5.75 Å². The molecule has 0 unspecified atom stereocenters. The average Bonchev–Trinajstić information content (AvgIpc) is 2.50. The van der Waals surface area contributed by atoms with Crippen molar-refractivity contribution in [2.45, 2.75) is 0 Å². The molecule has 0 aliphatic carbocycles. The lowest BCUT2D eigenvalue weighted by molar-refractivity contribution is 0.102. The van der Waals surface area contributed by atoms with E-state index in [-0.39, 0.29) is 5.91 Å². The van der Waals surface area contributed by atoms with E-state index in [0.29, 0.717) is 33.3 Å². The number of nitriles is 1. The van der Waals surface area contributed by atoms with Crippen molar-refractivity contribution in [2.24, 2.45) is 0 Å². The number of nitrogens with two attached hydrogens (primary N) is 1. The summed E-state index contributed by atoms with van der Waals surface area (Å²) in [6.07, 6.45) is 0. The van der Waals surface area contributed by atoms with Gasteiger partial charge < -0.3 is 15.8 Å². The Morgan fingerprint density at radius 2 is 2.10 bits per heavy atom. The van der Waals surface area contributed by atoms with Crippen LogP contribution in [-0.2, 0) is 0 Å². The summed E-state index contributed by atoms with van der Waals surface area (Å²) in [6, 6.07) is 11.4. The van der Waals surface area contributed by atoms with Gasteiger partial charge in [0.2, 0.25) is 0 Å².